The van der Waals surface area contributed by atoms with Gasteiger partial charge in [-0.05, 0) is 55.7 Å². The number of aromatic amines is 2. The molecular weight excluding hydrogens is 392 g/mol. The van der Waals surface area contributed by atoms with E-state index in [9.17, 15) is 9.59 Å². The third kappa shape index (κ3) is 3.79. The van der Waals surface area contributed by atoms with Gasteiger partial charge in [0, 0.05) is 34.4 Å². The molecule has 0 aliphatic heterocycles. The van der Waals surface area contributed by atoms with Crippen molar-refractivity contribution in [3.63, 3.8) is 0 Å². The Morgan fingerprint density at radius 2 is 2.00 bits per heavy atom. The lowest BCUT2D eigenvalue weighted by Crippen LogP contribution is -2.36. The molecule has 4 aromatic rings. The molecule has 9 heteroatoms. The zero-order valence-electron chi connectivity index (χ0n) is 15.9. The van der Waals surface area contributed by atoms with E-state index in [0.717, 1.165) is 27.7 Å². The third-order valence-corrected chi connectivity index (χ3v) is 4.94. The Morgan fingerprint density at radius 3 is 2.83 bits per heavy atom. The predicted molar refractivity (Wildman–Crippen MR) is 112 cm³/mol. The Hall–Kier alpha value is -3.39. The van der Waals surface area contributed by atoms with Crippen molar-refractivity contribution in [3.05, 3.63) is 52.3 Å². The Kier molecular flexibility index (Phi) is 4.94. The second-order valence-corrected chi connectivity index (χ2v) is 7.28. The van der Waals surface area contributed by atoms with Crippen LogP contribution in [0.4, 0.5) is 5.82 Å². The number of pyridine rings is 1. The fourth-order valence-corrected chi connectivity index (χ4v) is 3.56. The minimum atomic E-state index is -0.777. The summed E-state index contributed by atoms with van der Waals surface area (Å²) < 4.78 is 0. The first-order chi connectivity index (χ1) is 13.9. The average Bonchev–Trinajstić information content (AvgIpc) is 3.25. The van der Waals surface area contributed by atoms with Crippen molar-refractivity contribution in [2.75, 3.05) is 11.9 Å². The Bertz CT molecular complexity index is 1240. The van der Waals surface area contributed by atoms with Crippen LogP contribution in [0.5, 0.6) is 0 Å². The van der Waals surface area contributed by atoms with E-state index in [0.29, 0.717) is 29.0 Å². The number of hydrogen-bond donors (Lipinski definition) is 4. The number of benzene rings is 1. The number of rotatable bonds is 4. The van der Waals surface area contributed by atoms with E-state index in [2.05, 4.69) is 30.8 Å². The van der Waals surface area contributed by atoms with Crippen LogP contribution in [0, 0.1) is 13.8 Å². The van der Waals surface area contributed by atoms with Crippen LogP contribution in [0.15, 0.2) is 30.5 Å². The van der Waals surface area contributed by atoms with Gasteiger partial charge < -0.3 is 15.6 Å². The smallest absolute Gasteiger partial charge is 0.314 e. The van der Waals surface area contributed by atoms with Gasteiger partial charge in [-0.3, -0.25) is 14.7 Å². The fraction of sp³-hybridized carbons (Fsp3) is 0.200. The summed E-state index contributed by atoms with van der Waals surface area (Å²) in [6.07, 6.45) is 2.44. The second-order valence-electron chi connectivity index (χ2n) is 6.84. The van der Waals surface area contributed by atoms with Crippen molar-refractivity contribution in [1.29, 1.82) is 0 Å². The lowest BCUT2D eigenvalue weighted by molar-refractivity contribution is -0.136. The van der Waals surface area contributed by atoms with Crippen molar-refractivity contribution in [2.24, 2.45) is 0 Å². The van der Waals surface area contributed by atoms with Crippen molar-refractivity contribution in [2.45, 2.75) is 20.3 Å². The summed E-state index contributed by atoms with van der Waals surface area (Å²) in [5.74, 6) is -1.21. The van der Waals surface area contributed by atoms with E-state index in [4.69, 9.17) is 11.6 Å². The SMILES string of the molecule is Cc1cc(C)c2c(NC(=O)C(=O)NCCc3c[nH]c4ccc(Cl)cc34)n[nH]c2n1. The molecule has 8 nitrogen and oxygen atoms in total. The normalized spacial score (nSPS) is 11.1. The summed E-state index contributed by atoms with van der Waals surface area (Å²) >= 11 is 6.05. The first-order valence-electron chi connectivity index (χ1n) is 9.09. The molecule has 4 N–H and O–H groups in total. The molecule has 3 aromatic heterocycles. The largest absolute Gasteiger partial charge is 0.361 e. The topological polar surface area (TPSA) is 116 Å². The molecule has 0 saturated heterocycles. The highest BCUT2D eigenvalue weighted by Gasteiger charge is 2.18. The van der Waals surface area contributed by atoms with Crippen LogP contribution in [0.1, 0.15) is 16.8 Å². The average molecular weight is 411 g/mol. The first kappa shape index (κ1) is 18.9. The van der Waals surface area contributed by atoms with Gasteiger partial charge in [-0.25, -0.2) is 4.98 Å². The number of carbonyl (C=O) groups is 2. The molecule has 148 valence electrons. The Balaban J connectivity index is 1.39. The molecule has 0 aliphatic carbocycles. The number of nitrogens with zero attached hydrogens (tertiary/aromatic N) is 2. The van der Waals surface area contributed by atoms with Gasteiger partial charge in [-0.15, -0.1) is 0 Å². The molecule has 0 unspecified atom stereocenters. The molecular formula is C20H19ClN6O2. The molecule has 29 heavy (non-hydrogen) atoms. The number of nitrogens with one attached hydrogen (secondary N) is 4. The summed E-state index contributed by atoms with van der Waals surface area (Å²) in [6.45, 7) is 4.09. The van der Waals surface area contributed by atoms with E-state index in [1.165, 1.54) is 0 Å². The zero-order chi connectivity index (χ0) is 20.5. The van der Waals surface area contributed by atoms with Crippen LogP contribution < -0.4 is 10.6 Å². The molecule has 0 aliphatic rings. The van der Waals surface area contributed by atoms with Crippen molar-refractivity contribution in [3.8, 4) is 0 Å². The van der Waals surface area contributed by atoms with Crippen molar-refractivity contribution in [1.82, 2.24) is 25.5 Å². The maximum atomic E-state index is 12.3. The molecule has 0 fully saturated rings. The van der Waals surface area contributed by atoms with Gasteiger partial charge in [0.1, 0.15) is 0 Å². The summed E-state index contributed by atoms with van der Waals surface area (Å²) in [4.78, 5) is 31.9. The molecule has 4 rings (SSSR count). The maximum Gasteiger partial charge on any atom is 0.314 e. The highest BCUT2D eigenvalue weighted by molar-refractivity contribution is 6.40. The standard InChI is InChI=1S/C20H19ClN6O2/c1-10-7-11(2)24-17-16(10)18(27-26-17)25-20(29)19(28)22-6-5-12-9-23-15-4-3-13(21)8-14(12)15/h3-4,7-9,23H,5-6H2,1-2H3,(H,22,28)(H2,24,25,26,27,29). The highest BCUT2D eigenvalue weighted by atomic mass is 35.5. The van der Waals surface area contributed by atoms with Crippen LogP contribution in [0.25, 0.3) is 21.9 Å². The minimum Gasteiger partial charge on any atom is -0.361 e. The van der Waals surface area contributed by atoms with Crippen LogP contribution in [-0.2, 0) is 16.0 Å². The number of aryl methyl sites for hydroxylation is 2. The van der Waals surface area contributed by atoms with E-state index < -0.39 is 11.8 Å². The van der Waals surface area contributed by atoms with Gasteiger partial charge in [0.15, 0.2) is 11.5 Å². The molecule has 0 bridgehead atoms. The Morgan fingerprint density at radius 1 is 1.17 bits per heavy atom. The number of halogens is 1. The molecule has 2 amide bonds. The fourth-order valence-electron chi connectivity index (χ4n) is 3.38. The number of anilines is 1. The first-order valence-corrected chi connectivity index (χ1v) is 9.47. The van der Waals surface area contributed by atoms with Crippen molar-refractivity contribution < 1.29 is 9.59 Å². The highest BCUT2D eigenvalue weighted by Crippen LogP contribution is 2.24. The third-order valence-electron chi connectivity index (χ3n) is 4.70. The lowest BCUT2D eigenvalue weighted by Gasteiger charge is -2.06. The van der Waals surface area contributed by atoms with Gasteiger partial charge in [0.25, 0.3) is 0 Å². The number of fused-ring (bicyclic) bond motifs is 2. The van der Waals surface area contributed by atoms with Crippen LogP contribution in [0.3, 0.4) is 0 Å². The van der Waals surface area contributed by atoms with Crippen LogP contribution >= 0.6 is 11.6 Å². The van der Waals surface area contributed by atoms with Gasteiger partial charge in [-0.1, -0.05) is 11.6 Å². The lowest BCUT2D eigenvalue weighted by atomic mass is 10.1. The van der Waals surface area contributed by atoms with Gasteiger partial charge in [0.05, 0.1) is 5.39 Å². The molecule has 0 saturated carbocycles. The molecule has 0 atom stereocenters. The molecule has 0 spiro atoms. The predicted octanol–water partition coefficient (Wildman–Crippen LogP) is 3.01. The summed E-state index contributed by atoms with van der Waals surface area (Å²) in [7, 11) is 0. The van der Waals surface area contributed by atoms with Crippen LogP contribution in [-0.4, -0.2) is 38.5 Å². The number of H-pyrrole nitrogens is 2. The Labute approximate surface area is 171 Å². The number of hydrogen-bond acceptors (Lipinski definition) is 4. The molecule has 3 heterocycles. The van der Waals surface area contributed by atoms with E-state index in [-0.39, 0.29) is 5.82 Å². The number of amides is 2. The second kappa shape index (κ2) is 7.56. The van der Waals surface area contributed by atoms with Gasteiger partial charge >= 0.3 is 11.8 Å². The quantitative estimate of drug-likeness (QED) is 0.387. The van der Waals surface area contributed by atoms with Gasteiger partial charge in [-0.2, -0.15) is 5.10 Å². The monoisotopic (exact) mass is 410 g/mol. The minimum absolute atomic E-state index is 0.288. The van der Waals surface area contributed by atoms with E-state index >= 15 is 0 Å². The number of carbonyl (C=O) groups excluding carboxylic acids is 2. The molecule has 1 aromatic carbocycles. The van der Waals surface area contributed by atoms with E-state index in [1.54, 1.807) is 0 Å². The maximum absolute atomic E-state index is 12.3. The summed E-state index contributed by atoms with van der Waals surface area (Å²) in [5.41, 5.74) is 4.30. The summed E-state index contributed by atoms with van der Waals surface area (Å²) in [5, 5.41) is 14.4. The number of aromatic nitrogens is 4. The molecule has 0 radical (unpaired) electrons. The van der Waals surface area contributed by atoms with E-state index in [1.807, 2.05) is 44.3 Å². The van der Waals surface area contributed by atoms with Crippen LogP contribution in [0.2, 0.25) is 5.02 Å². The summed E-state index contributed by atoms with van der Waals surface area (Å²) in [6, 6.07) is 7.48. The van der Waals surface area contributed by atoms with Crippen molar-refractivity contribution >= 4 is 51.2 Å². The zero-order valence-corrected chi connectivity index (χ0v) is 16.6. The van der Waals surface area contributed by atoms with Gasteiger partial charge in [0.2, 0.25) is 0 Å².